The number of para-hydroxylation sites is 1. The number of benzene rings is 1. The van der Waals surface area contributed by atoms with Gasteiger partial charge in [0.2, 0.25) is 5.91 Å². The van der Waals surface area contributed by atoms with Gasteiger partial charge in [0, 0.05) is 4.90 Å². The molecule has 0 saturated heterocycles. The summed E-state index contributed by atoms with van der Waals surface area (Å²) in [6.45, 7) is 1.44. The molecule has 27 heavy (non-hydrogen) atoms. The highest BCUT2D eigenvalue weighted by Crippen LogP contribution is 2.36. The number of carbonyl (C=O) groups excluding carboxylic acids is 3. The summed E-state index contributed by atoms with van der Waals surface area (Å²) < 4.78 is 5.15. The number of hydrogen-bond acceptors (Lipinski definition) is 7. The largest absolute Gasteiger partial charge is 0.452 e. The van der Waals surface area contributed by atoms with Gasteiger partial charge in [0.25, 0.3) is 5.91 Å². The number of thiophene rings is 1. The topological polar surface area (TPSA) is 108 Å². The number of anilines is 2. The molecule has 0 spiro atoms. The molecule has 0 fully saturated rings. The van der Waals surface area contributed by atoms with Gasteiger partial charge in [0.15, 0.2) is 6.10 Å². The Morgan fingerprint density at radius 2 is 2.15 bits per heavy atom. The zero-order valence-corrected chi connectivity index (χ0v) is 15.9. The number of thioether (sulfide) groups is 1. The number of nitrogens with zero attached hydrogens (tertiary/aromatic N) is 1. The van der Waals surface area contributed by atoms with Gasteiger partial charge in [-0.25, -0.2) is 0 Å². The van der Waals surface area contributed by atoms with E-state index in [-0.39, 0.29) is 12.3 Å². The number of amides is 2. The average Bonchev–Trinajstić information content (AvgIpc) is 3.09. The van der Waals surface area contributed by atoms with E-state index in [1.54, 1.807) is 17.5 Å². The van der Waals surface area contributed by atoms with Gasteiger partial charge in [-0.15, -0.1) is 23.1 Å². The van der Waals surface area contributed by atoms with E-state index < -0.39 is 23.2 Å². The van der Waals surface area contributed by atoms with E-state index in [1.807, 2.05) is 24.3 Å². The molecule has 0 unspecified atom stereocenters. The molecule has 1 aliphatic heterocycles. The van der Waals surface area contributed by atoms with Crippen LogP contribution < -0.4 is 10.6 Å². The molecule has 1 aromatic carbocycles. The van der Waals surface area contributed by atoms with Crippen molar-refractivity contribution in [2.45, 2.75) is 29.6 Å². The van der Waals surface area contributed by atoms with Crippen LogP contribution in [-0.4, -0.2) is 29.1 Å². The highest BCUT2D eigenvalue weighted by molar-refractivity contribution is 8.01. The Kier molecular flexibility index (Phi) is 5.78. The Morgan fingerprint density at radius 1 is 1.37 bits per heavy atom. The fraction of sp³-hybridized carbons (Fsp3) is 0.222. The van der Waals surface area contributed by atoms with E-state index in [0.29, 0.717) is 16.3 Å². The van der Waals surface area contributed by atoms with Crippen LogP contribution in [0.1, 0.15) is 18.9 Å². The quantitative estimate of drug-likeness (QED) is 0.746. The molecule has 2 atom stereocenters. The number of nitrogens with one attached hydrogen (secondary N) is 2. The van der Waals surface area contributed by atoms with E-state index in [9.17, 15) is 14.4 Å². The maximum atomic E-state index is 12.2. The molecule has 7 nitrogen and oxygen atoms in total. The summed E-state index contributed by atoms with van der Waals surface area (Å²) >= 11 is 2.50. The standard InChI is InChI=1S/C18H15N3O4S2/c1-10(16(23)21-18-11(9-19)6-7-26-18)25-15(22)8-14-17(24)20-12-4-2-3-5-13(12)27-14/h2-7,10,14H,8H2,1H3,(H,20,24)(H,21,23)/t10-,14-/m1/s1. The lowest BCUT2D eigenvalue weighted by Gasteiger charge is -2.23. The van der Waals surface area contributed by atoms with Gasteiger partial charge in [-0.1, -0.05) is 12.1 Å². The molecule has 1 aromatic heterocycles. The smallest absolute Gasteiger partial charge is 0.308 e. The second-order valence-corrected chi connectivity index (χ2v) is 7.85. The fourth-order valence-corrected chi connectivity index (χ4v) is 4.22. The first-order chi connectivity index (χ1) is 13.0. The van der Waals surface area contributed by atoms with Gasteiger partial charge < -0.3 is 15.4 Å². The fourth-order valence-electron chi connectivity index (χ4n) is 2.38. The molecule has 0 aliphatic carbocycles. The molecule has 2 amide bonds. The van der Waals surface area contributed by atoms with Gasteiger partial charge in [0.05, 0.1) is 22.9 Å². The Bertz CT molecular complexity index is 935. The van der Waals surface area contributed by atoms with Gasteiger partial charge in [-0.05, 0) is 30.5 Å². The van der Waals surface area contributed by atoms with Crippen LogP contribution in [-0.2, 0) is 19.1 Å². The third kappa shape index (κ3) is 4.48. The van der Waals surface area contributed by atoms with Crippen LogP contribution in [0.25, 0.3) is 0 Å². The Balaban J connectivity index is 1.55. The van der Waals surface area contributed by atoms with Crippen molar-refractivity contribution in [1.29, 1.82) is 5.26 Å². The maximum Gasteiger partial charge on any atom is 0.308 e. The number of esters is 1. The lowest BCUT2D eigenvalue weighted by Crippen LogP contribution is -2.34. The minimum absolute atomic E-state index is 0.148. The van der Waals surface area contributed by atoms with Crippen molar-refractivity contribution >= 4 is 51.6 Å². The molecule has 0 bridgehead atoms. The van der Waals surface area contributed by atoms with Gasteiger partial charge >= 0.3 is 5.97 Å². The van der Waals surface area contributed by atoms with Crippen LogP contribution >= 0.6 is 23.1 Å². The molecule has 9 heteroatoms. The summed E-state index contributed by atoms with van der Waals surface area (Å²) in [4.78, 5) is 37.3. The SMILES string of the molecule is C[C@@H](OC(=O)C[C@H]1Sc2ccccc2NC1=O)C(=O)Nc1sccc1C#N. The molecular formula is C18H15N3O4S2. The average molecular weight is 401 g/mol. The van der Waals surface area contributed by atoms with Crippen LogP contribution in [0, 0.1) is 11.3 Å². The summed E-state index contributed by atoms with van der Waals surface area (Å²) in [6, 6.07) is 10.9. The number of rotatable bonds is 5. The van der Waals surface area contributed by atoms with Crippen LogP contribution in [0.4, 0.5) is 10.7 Å². The lowest BCUT2D eigenvalue weighted by molar-refractivity contribution is -0.153. The predicted octanol–water partition coefficient (Wildman–Crippen LogP) is 2.99. The highest BCUT2D eigenvalue weighted by atomic mass is 32.2. The second kappa shape index (κ2) is 8.24. The van der Waals surface area contributed by atoms with Crippen LogP contribution in [0.2, 0.25) is 0 Å². The summed E-state index contributed by atoms with van der Waals surface area (Å²) in [7, 11) is 0. The van der Waals surface area contributed by atoms with Crippen LogP contribution in [0.3, 0.4) is 0 Å². The van der Waals surface area contributed by atoms with Crippen molar-refractivity contribution in [3.05, 3.63) is 41.3 Å². The maximum absolute atomic E-state index is 12.2. The lowest BCUT2D eigenvalue weighted by atomic mass is 10.2. The van der Waals surface area contributed by atoms with E-state index in [4.69, 9.17) is 10.00 Å². The molecule has 1 aliphatic rings. The van der Waals surface area contributed by atoms with E-state index in [1.165, 1.54) is 30.0 Å². The highest BCUT2D eigenvalue weighted by Gasteiger charge is 2.30. The Labute approximate surface area is 163 Å². The van der Waals surface area contributed by atoms with Crippen molar-refractivity contribution in [3.63, 3.8) is 0 Å². The number of nitriles is 1. The van der Waals surface area contributed by atoms with Crippen LogP contribution in [0.5, 0.6) is 0 Å². The summed E-state index contributed by atoms with van der Waals surface area (Å²) in [5.41, 5.74) is 1.06. The molecule has 138 valence electrons. The zero-order valence-electron chi connectivity index (χ0n) is 14.2. The first kappa shape index (κ1) is 18.9. The monoisotopic (exact) mass is 401 g/mol. The number of hydrogen-bond donors (Lipinski definition) is 2. The Morgan fingerprint density at radius 3 is 2.93 bits per heavy atom. The molecular weight excluding hydrogens is 386 g/mol. The molecule has 2 aromatic rings. The number of carbonyl (C=O) groups is 3. The third-order valence-corrected chi connectivity index (χ3v) is 5.86. The zero-order chi connectivity index (χ0) is 19.4. The van der Waals surface area contributed by atoms with E-state index >= 15 is 0 Å². The summed E-state index contributed by atoms with van der Waals surface area (Å²) in [6.07, 6.45) is -1.19. The number of ether oxygens (including phenoxy) is 1. The molecule has 2 heterocycles. The van der Waals surface area contributed by atoms with Gasteiger partial charge in [-0.3, -0.25) is 14.4 Å². The van der Waals surface area contributed by atoms with Crippen molar-refractivity contribution in [2.24, 2.45) is 0 Å². The van der Waals surface area contributed by atoms with E-state index in [0.717, 1.165) is 4.90 Å². The Hall–Kier alpha value is -2.83. The van der Waals surface area contributed by atoms with Crippen molar-refractivity contribution in [2.75, 3.05) is 10.6 Å². The minimum Gasteiger partial charge on any atom is -0.452 e. The number of fused-ring (bicyclic) bond motifs is 1. The van der Waals surface area contributed by atoms with Crippen molar-refractivity contribution < 1.29 is 19.1 Å². The van der Waals surface area contributed by atoms with Gasteiger partial charge in [-0.2, -0.15) is 5.26 Å². The molecule has 3 rings (SSSR count). The summed E-state index contributed by atoms with van der Waals surface area (Å²) in [5, 5.41) is 15.8. The third-order valence-electron chi connectivity index (χ3n) is 3.76. The first-order valence-electron chi connectivity index (χ1n) is 8.02. The predicted molar refractivity (Wildman–Crippen MR) is 103 cm³/mol. The first-order valence-corrected chi connectivity index (χ1v) is 9.78. The van der Waals surface area contributed by atoms with Crippen LogP contribution in [0.15, 0.2) is 40.6 Å². The molecule has 2 N–H and O–H groups in total. The van der Waals surface area contributed by atoms with Crippen molar-refractivity contribution in [3.8, 4) is 6.07 Å². The normalized spacial score (nSPS) is 16.4. The second-order valence-electron chi connectivity index (χ2n) is 5.69. The van der Waals surface area contributed by atoms with Crippen molar-refractivity contribution in [1.82, 2.24) is 0 Å². The molecule has 0 radical (unpaired) electrons. The summed E-state index contributed by atoms with van der Waals surface area (Å²) in [5.74, 6) is -1.45. The van der Waals surface area contributed by atoms with E-state index in [2.05, 4.69) is 10.6 Å². The molecule has 0 saturated carbocycles. The van der Waals surface area contributed by atoms with Gasteiger partial charge in [0.1, 0.15) is 11.1 Å². The minimum atomic E-state index is -1.05.